The van der Waals surface area contributed by atoms with Crippen molar-refractivity contribution in [3.8, 4) is 6.07 Å². The summed E-state index contributed by atoms with van der Waals surface area (Å²) in [6.07, 6.45) is 0. The minimum Gasteiger partial charge on any atom is -0.333 e. The van der Waals surface area contributed by atoms with Crippen LogP contribution < -0.4 is 5.32 Å². The van der Waals surface area contributed by atoms with E-state index in [1.54, 1.807) is 12.1 Å². The molecule has 0 aliphatic carbocycles. The van der Waals surface area contributed by atoms with Crippen LogP contribution in [0.1, 0.15) is 33.1 Å². The third-order valence-corrected chi connectivity index (χ3v) is 3.13. The highest BCUT2D eigenvalue weighted by atomic mass is 16.1. The molecule has 1 amide bonds. The number of nitrogens with one attached hydrogen (secondary N) is 1. The summed E-state index contributed by atoms with van der Waals surface area (Å²) in [5.74, 6) is -0.239. The van der Waals surface area contributed by atoms with Crippen molar-refractivity contribution in [2.24, 2.45) is 0 Å². The number of hydrogen-bond acceptors (Lipinski definition) is 2. The number of carbonyl (C=O) groups is 1. The van der Waals surface area contributed by atoms with Gasteiger partial charge in [0, 0.05) is 5.56 Å². The molecule has 0 aliphatic heterocycles. The highest BCUT2D eigenvalue weighted by molar-refractivity contribution is 5.94. The predicted molar refractivity (Wildman–Crippen MR) is 78.2 cm³/mol. The molecule has 0 heterocycles. The topological polar surface area (TPSA) is 52.9 Å². The van der Waals surface area contributed by atoms with E-state index in [9.17, 15) is 10.1 Å². The van der Waals surface area contributed by atoms with Crippen molar-refractivity contribution in [3.63, 3.8) is 0 Å². The second-order valence-corrected chi connectivity index (χ2v) is 4.81. The van der Waals surface area contributed by atoms with Crippen LogP contribution in [0.5, 0.6) is 0 Å². The van der Waals surface area contributed by atoms with E-state index in [4.69, 9.17) is 0 Å². The lowest BCUT2D eigenvalue weighted by Gasteiger charge is -2.12. The highest BCUT2D eigenvalue weighted by Crippen LogP contribution is 2.14. The van der Waals surface area contributed by atoms with E-state index in [-0.39, 0.29) is 5.91 Å². The van der Waals surface area contributed by atoms with E-state index >= 15 is 0 Å². The van der Waals surface area contributed by atoms with Gasteiger partial charge in [0.15, 0.2) is 0 Å². The molecule has 2 aromatic rings. The van der Waals surface area contributed by atoms with Crippen LogP contribution in [0.3, 0.4) is 0 Å². The molecule has 0 aromatic heterocycles. The molecule has 0 bridgehead atoms. The molecule has 0 fully saturated rings. The Labute approximate surface area is 118 Å². The van der Waals surface area contributed by atoms with Crippen molar-refractivity contribution in [3.05, 3.63) is 70.8 Å². The summed E-state index contributed by atoms with van der Waals surface area (Å²) < 4.78 is 0. The van der Waals surface area contributed by atoms with E-state index in [0.29, 0.717) is 5.56 Å². The Morgan fingerprint density at radius 1 is 1.00 bits per heavy atom. The van der Waals surface area contributed by atoms with E-state index < -0.39 is 6.04 Å². The second kappa shape index (κ2) is 6.03. The molecule has 1 atom stereocenters. The van der Waals surface area contributed by atoms with E-state index in [2.05, 4.69) is 11.4 Å². The minimum absolute atomic E-state index is 0.239. The lowest BCUT2D eigenvalue weighted by Crippen LogP contribution is -2.27. The van der Waals surface area contributed by atoms with Crippen LogP contribution in [0, 0.1) is 25.2 Å². The van der Waals surface area contributed by atoms with Crippen molar-refractivity contribution in [2.45, 2.75) is 19.9 Å². The zero-order valence-electron chi connectivity index (χ0n) is 11.6. The van der Waals surface area contributed by atoms with Gasteiger partial charge in [0.1, 0.15) is 6.04 Å². The maximum atomic E-state index is 12.1. The molecule has 0 spiro atoms. The standard InChI is InChI=1S/C17H16N2O/c1-12-3-7-14(8-4-12)16(11-18)19-17(20)15-9-5-13(2)6-10-15/h3-10,16H,1-2H3,(H,19,20). The number of nitrogens with zero attached hydrogens (tertiary/aromatic N) is 1. The van der Waals surface area contributed by atoms with Crippen LogP contribution in [0.25, 0.3) is 0 Å². The van der Waals surface area contributed by atoms with Gasteiger partial charge in [-0.25, -0.2) is 0 Å². The first kappa shape index (κ1) is 13.8. The first-order chi connectivity index (χ1) is 9.60. The molecule has 1 unspecified atom stereocenters. The monoisotopic (exact) mass is 264 g/mol. The van der Waals surface area contributed by atoms with Crippen molar-refractivity contribution < 1.29 is 4.79 Å². The Kier molecular flexibility index (Phi) is 4.17. The van der Waals surface area contributed by atoms with Gasteiger partial charge in [-0.1, -0.05) is 47.5 Å². The van der Waals surface area contributed by atoms with Gasteiger partial charge < -0.3 is 5.32 Å². The molecule has 0 saturated carbocycles. The van der Waals surface area contributed by atoms with Crippen LogP contribution in [0.2, 0.25) is 0 Å². The number of carbonyl (C=O) groups excluding carboxylic acids is 1. The molecule has 3 heteroatoms. The van der Waals surface area contributed by atoms with Gasteiger partial charge in [0.05, 0.1) is 6.07 Å². The zero-order chi connectivity index (χ0) is 14.5. The molecule has 1 N–H and O–H groups in total. The maximum absolute atomic E-state index is 12.1. The van der Waals surface area contributed by atoms with Crippen LogP contribution in [-0.2, 0) is 0 Å². The van der Waals surface area contributed by atoms with E-state index in [1.165, 1.54) is 0 Å². The van der Waals surface area contributed by atoms with Gasteiger partial charge in [0.2, 0.25) is 0 Å². The Morgan fingerprint density at radius 3 is 2.00 bits per heavy atom. The fourth-order valence-corrected chi connectivity index (χ4v) is 1.87. The van der Waals surface area contributed by atoms with Gasteiger partial charge in [-0.05, 0) is 31.5 Å². The summed E-state index contributed by atoms with van der Waals surface area (Å²) in [4.78, 5) is 12.1. The van der Waals surface area contributed by atoms with Gasteiger partial charge in [-0.3, -0.25) is 4.79 Å². The highest BCUT2D eigenvalue weighted by Gasteiger charge is 2.14. The van der Waals surface area contributed by atoms with Crippen LogP contribution in [0.15, 0.2) is 48.5 Å². The number of nitriles is 1. The van der Waals surface area contributed by atoms with E-state index in [0.717, 1.165) is 16.7 Å². The van der Waals surface area contributed by atoms with Crippen molar-refractivity contribution in [1.82, 2.24) is 5.32 Å². The average Bonchev–Trinajstić information content (AvgIpc) is 2.46. The number of aryl methyl sites for hydroxylation is 2. The molecule has 2 aromatic carbocycles. The van der Waals surface area contributed by atoms with Gasteiger partial charge >= 0.3 is 0 Å². The van der Waals surface area contributed by atoms with Crippen molar-refractivity contribution in [2.75, 3.05) is 0 Å². The second-order valence-electron chi connectivity index (χ2n) is 4.81. The first-order valence-corrected chi connectivity index (χ1v) is 6.44. The normalized spacial score (nSPS) is 11.4. The first-order valence-electron chi connectivity index (χ1n) is 6.44. The number of amides is 1. The van der Waals surface area contributed by atoms with Crippen LogP contribution in [0.4, 0.5) is 0 Å². The molecule has 0 aliphatic rings. The summed E-state index contributed by atoms with van der Waals surface area (Å²) in [5, 5.41) is 12.0. The summed E-state index contributed by atoms with van der Waals surface area (Å²) in [7, 11) is 0. The summed E-state index contributed by atoms with van der Waals surface area (Å²) in [6, 6.07) is 16.3. The summed E-state index contributed by atoms with van der Waals surface area (Å²) in [6.45, 7) is 3.95. The average molecular weight is 264 g/mol. The number of hydrogen-bond donors (Lipinski definition) is 1. The summed E-state index contributed by atoms with van der Waals surface area (Å²) >= 11 is 0. The third-order valence-electron chi connectivity index (χ3n) is 3.13. The SMILES string of the molecule is Cc1ccc(C(=O)NC(C#N)c2ccc(C)cc2)cc1. The zero-order valence-corrected chi connectivity index (χ0v) is 11.6. The molecular weight excluding hydrogens is 248 g/mol. The minimum atomic E-state index is -0.635. The fraction of sp³-hybridized carbons (Fsp3) is 0.176. The fourth-order valence-electron chi connectivity index (χ4n) is 1.87. The third kappa shape index (κ3) is 3.24. The molecule has 0 saturated heterocycles. The van der Waals surface area contributed by atoms with Crippen molar-refractivity contribution >= 4 is 5.91 Å². The molecule has 3 nitrogen and oxygen atoms in total. The molecule has 0 radical (unpaired) electrons. The van der Waals surface area contributed by atoms with Gasteiger partial charge in [-0.2, -0.15) is 5.26 Å². The Balaban J connectivity index is 2.14. The Hall–Kier alpha value is -2.60. The maximum Gasteiger partial charge on any atom is 0.252 e. The smallest absolute Gasteiger partial charge is 0.252 e. The Morgan fingerprint density at radius 2 is 1.50 bits per heavy atom. The lowest BCUT2D eigenvalue weighted by molar-refractivity contribution is 0.0945. The lowest BCUT2D eigenvalue weighted by atomic mass is 10.1. The number of rotatable bonds is 3. The molecule has 20 heavy (non-hydrogen) atoms. The molecule has 2 rings (SSSR count). The summed E-state index contributed by atoms with van der Waals surface area (Å²) in [5.41, 5.74) is 3.56. The number of benzene rings is 2. The van der Waals surface area contributed by atoms with Gasteiger partial charge in [0.25, 0.3) is 5.91 Å². The predicted octanol–water partition coefficient (Wildman–Crippen LogP) is 3.30. The Bertz CT molecular complexity index is 636. The quantitative estimate of drug-likeness (QED) is 0.924. The van der Waals surface area contributed by atoms with Gasteiger partial charge in [-0.15, -0.1) is 0 Å². The largest absolute Gasteiger partial charge is 0.333 e. The van der Waals surface area contributed by atoms with Crippen LogP contribution >= 0.6 is 0 Å². The molecule has 100 valence electrons. The molecular formula is C17H16N2O. The van der Waals surface area contributed by atoms with E-state index in [1.807, 2.05) is 50.2 Å². The van der Waals surface area contributed by atoms with Crippen LogP contribution in [-0.4, -0.2) is 5.91 Å². The van der Waals surface area contributed by atoms with Crippen molar-refractivity contribution in [1.29, 1.82) is 5.26 Å².